The van der Waals surface area contributed by atoms with E-state index in [9.17, 15) is 8.42 Å². The molecule has 0 radical (unpaired) electrons. The molecule has 17 heavy (non-hydrogen) atoms. The molecule has 1 saturated heterocycles. The molecule has 1 unspecified atom stereocenters. The topological polar surface area (TPSA) is 37.4 Å². The molecule has 2 aliphatic rings. The molecule has 3 nitrogen and oxygen atoms in total. The average Bonchev–Trinajstić information content (AvgIpc) is 2.83. The van der Waals surface area contributed by atoms with E-state index in [0.717, 1.165) is 16.6 Å². The summed E-state index contributed by atoms with van der Waals surface area (Å²) < 4.78 is 28.1. The van der Waals surface area contributed by atoms with E-state index in [1.54, 1.807) is 16.4 Å². The second-order valence-electron chi connectivity index (χ2n) is 4.72. The van der Waals surface area contributed by atoms with Crippen molar-refractivity contribution in [1.82, 2.24) is 4.31 Å². The molecule has 0 aromatic carbocycles. The van der Waals surface area contributed by atoms with Gasteiger partial charge in [0, 0.05) is 12.6 Å². The predicted octanol–water partition coefficient (Wildman–Crippen LogP) is 3.07. The number of halogens is 1. The minimum Gasteiger partial charge on any atom is -0.206 e. The van der Waals surface area contributed by atoms with E-state index >= 15 is 0 Å². The van der Waals surface area contributed by atoms with Crippen LogP contribution in [0.25, 0.3) is 0 Å². The second kappa shape index (κ2) is 4.33. The van der Waals surface area contributed by atoms with Crippen LogP contribution in [-0.4, -0.2) is 25.3 Å². The fourth-order valence-electron chi connectivity index (χ4n) is 2.57. The van der Waals surface area contributed by atoms with Gasteiger partial charge in [-0.3, -0.25) is 0 Å². The molecule has 1 aliphatic carbocycles. The van der Waals surface area contributed by atoms with Gasteiger partial charge in [0.05, 0.1) is 3.79 Å². The summed E-state index contributed by atoms with van der Waals surface area (Å²) >= 11 is 4.63. The number of sulfonamides is 1. The molecule has 2 heterocycles. The summed E-state index contributed by atoms with van der Waals surface area (Å²) in [6.07, 6.45) is 4.44. The monoisotopic (exact) mass is 335 g/mol. The summed E-state index contributed by atoms with van der Waals surface area (Å²) in [7, 11) is -3.25. The van der Waals surface area contributed by atoms with Gasteiger partial charge in [-0.1, -0.05) is 0 Å². The first-order chi connectivity index (χ1) is 8.09. The predicted molar refractivity (Wildman–Crippen MR) is 71.7 cm³/mol. The lowest BCUT2D eigenvalue weighted by Crippen LogP contribution is -2.36. The Bertz CT molecular complexity index is 521. The van der Waals surface area contributed by atoms with Crippen molar-refractivity contribution in [2.24, 2.45) is 5.92 Å². The van der Waals surface area contributed by atoms with Crippen LogP contribution in [0.15, 0.2) is 20.1 Å². The number of rotatable bonds is 3. The zero-order valence-electron chi connectivity index (χ0n) is 9.30. The van der Waals surface area contributed by atoms with Crippen molar-refractivity contribution in [3.63, 3.8) is 0 Å². The summed E-state index contributed by atoms with van der Waals surface area (Å²) in [4.78, 5) is 0. The highest BCUT2D eigenvalue weighted by atomic mass is 79.9. The van der Waals surface area contributed by atoms with Crippen molar-refractivity contribution in [3.8, 4) is 0 Å². The lowest BCUT2D eigenvalue weighted by Gasteiger charge is -2.23. The Balaban J connectivity index is 1.91. The molecule has 94 valence electrons. The molecule has 0 N–H and O–H groups in total. The minimum absolute atomic E-state index is 0.265. The summed E-state index contributed by atoms with van der Waals surface area (Å²) in [5.41, 5.74) is 0. The summed E-state index contributed by atoms with van der Waals surface area (Å²) in [6.45, 7) is 0.693. The Labute approximate surface area is 114 Å². The van der Waals surface area contributed by atoms with E-state index in [2.05, 4.69) is 15.9 Å². The van der Waals surface area contributed by atoms with E-state index in [-0.39, 0.29) is 6.04 Å². The highest BCUT2D eigenvalue weighted by molar-refractivity contribution is 9.11. The van der Waals surface area contributed by atoms with E-state index in [1.165, 1.54) is 24.2 Å². The maximum atomic E-state index is 12.5. The van der Waals surface area contributed by atoms with Gasteiger partial charge in [0.2, 0.25) is 0 Å². The van der Waals surface area contributed by atoms with Gasteiger partial charge in [0.15, 0.2) is 0 Å². The van der Waals surface area contributed by atoms with E-state index in [0.29, 0.717) is 16.7 Å². The highest BCUT2D eigenvalue weighted by Gasteiger charge is 2.43. The van der Waals surface area contributed by atoms with Gasteiger partial charge in [-0.05, 0) is 59.7 Å². The smallest absolute Gasteiger partial charge is 0.206 e. The maximum absolute atomic E-state index is 12.5. The van der Waals surface area contributed by atoms with Crippen LogP contribution >= 0.6 is 27.3 Å². The Kier molecular flexibility index (Phi) is 3.09. The van der Waals surface area contributed by atoms with Crippen molar-refractivity contribution >= 4 is 37.3 Å². The van der Waals surface area contributed by atoms with Gasteiger partial charge < -0.3 is 0 Å². The van der Waals surface area contributed by atoms with Crippen LogP contribution in [0, 0.1) is 5.92 Å². The Morgan fingerprint density at radius 1 is 1.29 bits per heavy atom. The first-order valence-corrected chi connectivity index (χ1v) is 8.91. The molecule has 0 amide bonds. The van der Waals surface area contributed by atoms with Crippen LogP contribution in [0.2, 0.25) is 0 Å². The summed E-state index contributed by atoms with van der Waals surface area (Å²) in [6, 6.07) is 3.77. The molecule has 1 atom stereocenters. The second-order valence-corrected chi connectivity index (χ2v) is 9.30. The van der Waals surface area contributed by atoms with Crippen molar-refractivity contribution in [2.45, 2.75) is 35.9 Å². The number of thiophene rings is 1. The van der Waals surface area contributed by atoms with Crippen LogP contribution in [0.5, 0.6) is 0 Å². The number of nitrogens with zero attached hydrogens (tertiary/aromatic N) is 1. The molecule has 6 heteroatoms. The van der Waals surface area contributed by atoms with Gasteiger partial charge in [0.1, 0.15) is 4.21 Å². The van der Waals surface area contributed by atoms with Crippen LogP contribution in [0.4, 0.5) is 0 Å². The third kappa shape index (κ3) is 2.20. The van der Waals surface area contributed by atoms with Gasteiger partial charge in [-0.2, -0.15) is 4.31 Å². The first-order valence-electron chi connectivity index (χ1n) is 5.86. The zero-order valence-corrected chi connectivity index (χ0v) is 12.5. The molecule has 0 bridgehead atoms. The maximum Gasteiger partial charge on any atom is 0.252 e. The van der Waals surface area contributed by atoms with Gasteiger partial charge in [-0.15, -0.1) is 11.3 Å². The van der Waals surface area contributed by atoms with Crippen molar-refractivity contribution in [3.05, 3.63) is 15.9 Å². The number of hydrogen-bond acceptors (Lipinski definition) is 3. The first kappa shape index (κ1) is 12.1. The van der Waals surface area contributed by atoms with Crippen molar-refractivity contribution < 1.29 is 8.42 Å². The normalized spacial score (nSPS) is 26.5. The van der Waals surface area contributed by atoms with Crippen molar-refractivity contribution in [2.75, 3.05) is 6.54 Å². The molecule has 3 rings (SSSR count). The van der Waals surface area contributed by atoms with Crippen LogP contribution in [-0.2, 0) is 10.0 Å². The van der Waals surface area contributed by atoms with Crippen molar-refractivity contribution in [1.29, 1.82) is 0 Å². The standard InChI is InChI=1S/C11H14BrNO2S2/c12-10-5-6-11(16-10)17(14,15)13-7-1-2-9(13)8-3-4-8/h5-6,8-9H,1-4,7H2. The van der Waals surface area contributed by atoms with E-state index in [4.69, 9.17) is 0 Å². The molecule has 1 aromatic rings. The quantitative estimate of drug-likeness (QED) is 0.851. The fourth-order valence-corrected chi connectivity index (χ4v) is 6.46. The Morgan fingerprint density at radius 2 is 2.06 bits per heavy atom. The largest absolute Gasteiger partial charge is 0.252 e. The molecular weight excluding hydrogens is 322 g/mol. The average molecular weight is 336 g/mol. The molecule has 1 aromatic heterocycles. The third-order valence-electron chi connectivity index (χ3n) is 3.53. The molecular formula is C11H14BrNO2S2. The van der Waals surface area contributed by atoms with E-state index < -0.39 is 10.0 Å². The van der Waals surface area contributed by atoms with Gasteiger partial charge >= 0.3 is 0 Å². The van der Waals surface area contributed by atoms with Crippen LogP contribution < -0.4 is 0 Å². The highest BCUT2D eigenvalue weighted by Crippen LogP contribution is 2.43. The molecule has 1 saturated carbocycles. The lowest BCUT2D eigenvalue weighted by atomic mass is 10.1. The third-order valence-corrected chi connectivity index (χ3v) is 7.54. The van der Waals surface area contributed by atoms with Gasteiger partial charge in [-0.25, -0.2) is 8.42 Å². The van der Waals surface area contributed by atoms with Crippen LogP contribution in [0.1, 0.15) is 25.7 Å². The lowest BCUT2D eigenvalue weighted by molar-refractivity contribution is 0.357. The molecule has 0 spiro atoms. The van der Waals surface area contributed by atoms with Crippen LogP contribution in [0.3, 0.4) is 0 Å². The Hall–Kier alpha value is 0.0900. The minimum atomic E-state index is -3.25. The van der Waals surface area contributed by atoms with E-state index in [1.807, 2.05) is 0 Å². The molecule has 1 aliphatic heterocycles. The fraction of sp³-hybridized carbons (Fsp3) is 0.636. The SMILES string of the molecule is O=S(=O)(c1ccc(Br)s1)N1CCCC1C1CC1. The van der Waals surface area contributed by atoms with Gasteiger partial charge in [0.25, 0.3) is 10.0 Å². The summed E-state index contributed by atoms with van der Waals surface area (Å²) in [5, 5.41) is 0. The zero-order chi connectivity index (χ0) is 12.0. The summed E-state index contributed by atoms with van der Waals surface area (Å²) in [5.74, 6) is 0.621. The Morgan fingerprint density at radius 3 is 2.65 bits per heavy atom. The molecule has 2 fully saturated rings. The number of hydrogen-bond donors (Lipinski definition) is 0.